The van der Waals surface area contributed by atoms with Crippen molar-refractivity contribution in [2.45, 2.75) is 25.3 Å². The zero-order chi connectivity index (χ0) is 12.3. The lowest BCUT2D eigenvalue weighted by Crippen LogP contribution is -2.32. The van der Waals surface area contributed by atoms with Crippen molar-refractivity contribution >= 4 is 5.91 Å². The molecule has 17 heavy (non-hydrogen) atoms. The van der Waals surface area contributed by atoms with Crippen LogP contribution < -0.4 is 5.32 Å². The third kappa shape index (κ3) is 3.28. The molecule has 1 unspecified atom stereocenters. The van der Waals surface area contributed by atoms with E-state index < -0.39 is 5.92 Å². The molecule has 1 saturated carbocycles. The number of carbonyl (C=O) groups excluding carboxylic acids is 1. The van der Waals surface area contributed by atoms with Crippen LogP contribution in [-0.4, -0.2) is 11.9 Å². The van der Waals surface area contributed by atoms with Gasteiger partial charge in [-0.2, -0.15) is 5.26 Å². The highest BCUT2D eigenvalue weighted by Crippen LogP contribution is 2.20. The molecule has 1 aromatic carbocycles. The minimum atomic E-state index is -0.693. The fraction of sp³-hybridized carbons (Fsp3) is 0.385. The second-order valence-corrected chi connectivity index (χ2v) is 4.30. The molecular formula is C13H13FN2O. The fourth-order valence-corrected chi connectivity index (χ4v) is 1.58. The normalized spacial score (nSPS) is 16.0. The molecule has 0 bridgehead atoms. The molecule has 0 radical (unpaired) electrons. The molecular weight excluding hydrogens is 219 g/mol. The number of nitrogens with one attached hydrogen (secondary N) is 1. The third-order valence-electron chi connectivity index (χ3n) is 2.75. The van der Waals surface area contributed by atoms with E-state index in [0.29, 0.717) is 6.42 Å². The number of rotatable bonds is 4. The molecule has 1 atom stereocenters. The maximum atomic E-state index is 12.7. The number of halogens is 1. The van der Waals surface area contributed by atoms with Crippen molar-refractivity contribution in [3.05, 3.63) is 35.6 Å². The molecule has 1 aliphatic rings. The van der Waals surface area contributed by atoms with E-state index >= 15 is 0 Å². The molecule has 1 amide bonds. The zero-order valence-electron chi connectivity index (χ0n) is 9.32. The molecule has 1 aromatic rings. The molecule has 3 nitrogen and oxygen atoms in total. The van der Waals surface area contributed by atoms with Crippen LogP contribution in [0.5, 0.6) is 0 Å². The molecule has 1 aliphatic carbocycles. The Morgan fingerprint density at radius 2 is 2.12 bits per heavy atom. The maximum Gasteiger partial charge on any atom is 0.237 e. The van der Waals surface area contributed by atoms with Crippen LogP contribution in [-0.2, 0) is 11.2 Å². The van der Waals surface area contributed by atoms with Crippen LogP contribution in [0.3, 0.4) is 0 Å². The molecule has 1 fully saturated rings. The maximum absolute atomic E-state index is 12.7. The SMILES string of the molecule is N#CC(Cc1ccc(F)cc1)C(=O)NC1CC1. The van der Waals surface area contributed by atoms with E-state index in [1.807, 2.05) is 6.07 Å². The first-order valence-corrected chi connectivity index (χ1v) is 5.63. The Labute approximate surface area is 99.2 Å². The lowest BCUT2D eigenvalue weighted by atomic mass is 10.00. The van der Waals surface area contributed by atoms with Crippen molar-refractivity contribution in [1.82, 2.24) is 5.32 Å². The molecule has 1 N–H and O–H groups in total. The summed E-state index contributed by atoms with van der Waals surface area (Å²) in [6.07, 6.45) is 2.33. The summed E-state index contributed by atoms with van der Waals surface area (Å²) in [5, 5.41) is 11.8. The Morgan fingerprint density at radius 3 is 2.65 bits per heavy atom. The summed E-state index contributed by atoms with van der Waals surface area (Å²) < 4.78 is 12.7. The Balaban J connectivity index is 1.96. The lowest BCUT2D eigenvalue weighted by Gasteiger charge is -2.09. The average Bonchev–Trinajstić information content (AvgIpc) is 3.12. The van der Waals surface area contributed by atoms with E-state index in [1.54, 1.807) is 12.1 Å². The van der Waals surface area contributed by atoms with Crippen LogP contribution in [0.15, 0.2) is 24.3 Å². The van der Waals surface area contributed by atoms with E-state index in [-0.39, 0.29) is 17.8 Å². The first kappa shape index (κ1) is 11.6. The van der Waals surface area contributed by atoms with Crippen LogP contribution >= 0.6 is 0 Å². The molecule has 0 aromatic heterocycles. The molecule has 88 valence electrons. The Hall–Kier alpha value is -1.89. The minimum Gasteiger partial charge on any atom is -0.352 e. The summed E-state index contributed by atoms with van der Waals surface area (Å²) in [5.41, 5.74) is 0.795. The van der Waals surface area contributed by atoms with Gasteiger partial charge in [0.2, 0.25) is 5.91 Å². The van der Waals surface area contributed by atoms with Gasteiger partial charge in [0.25, 0.3) is 0 Å². The second-order valence-electron chi connectivity index (χ2n) is 4.30. The van der Waals surface area contributed by atoms with Gasteiger partial charge in [0.05, 0.1) is 6.07 Å². The van der Waals surface area contributed by atoms with Gasteiger partial charge >= 0.3 is 0 Å². The van der Waals surface area contributed by atoms with E-state index in [9.17, 15) is 9.18 Å². The van der Waals surface area contributed by atoms with E-state index in [2.05, 4.69) is 5.32 Å². The summed E-state index contributed by atoms with van der Waals surface area (Å²) >= 11 is 0. The van der Waals surface area contributed by atoms with Gasteiger partial charge in [0.1, 0.15) is 11.7 Å². The van der Waals surface area contributed by atoms with Crippen LogP contribution in [0.2, 0.25) is 0 Å². The smallest absolute Gasteiger partial charge is 0.237 e. The third-order valence-corrected chi connectivity index (χ3v) is 2.75. The van der Waals surface area contributed by atoms with Gasteiger partial charge < -0.3 is 5.32 Å². The van der Waals surface area contributed by atoms with Crippen molar-refractivity contribution in [1.29, 1.82) is 5.26 Å². The Morgan fingerprint density at radius 1 is 1.47 bits per heavy atom. The van der Waals surface area contributed by atoms with E-state index in [1.165, 1.54) is 12.1 Å². The quantitative estimate of drug-likeness (QED) is 0.860. The summed E-state index contributed by atoms with van der Waals surface area (Å²) in [5.74, 6) is -1.23. The predicted octanol–water partition coefficient (Wildman–Crippen LogP) is 1.79. The zero-order valence-corrected chi connectivity index (χ0v) is 9.32. The molecule has 2 rings (SSSR count). The Kier molecular flexibility index (Phi) is 3.38. The Bertz CT molecular complexity index is 445. The van der Waals surface area contributed by atoms with Gasteiger partial charge in [-0.05, 0) is 37.0 Å². The number of nitrogens with zero attached hydrogens (tertiary/aromatic N) is 1. The number of hydrogen-bond donors (Lipinski definition) is 1. The topological polar surface area (TPSA) is 52.9 Å². The van der Waals surface area contributed by atoms with Crippen molar-refractivity contribution in [3.63, 3.8) is 0 Å². The number of amides is 1. The van der Waals surface area contributed by atoms with Gasteiger partial charge in [-0.25, -0.2) is 4.39 Å². The first-order chi connectivity index (χ1) is 8.19. The van der Waals surface area contributed by atoms with Crippen molar-refractivity contribution < 1.29 is 9.18 Å². The second kappa shape index (κ2) is 4.96. The van der Waals surface area contributed by atoms with Crippen molar-refractivity contribution in [2.24, 2.45) is 5.92 Å². The highest BCUT2D eigenvalue weighted by Gasteiger charge is 2.27. The standard InChI is InChI=1S/C13H13FN2O/c14-11-3-1-9(2-4-11)7-10(8-15)13(17)16-12-5-6-12/h1-4,10,12H,5-7H2,(H,16,17). The van der Waals surface area contributed by atoms with Gasteiger partial charge in [-0.15, -0.1) is 0 Å². The first-order valence-electron chi connectivity index (χ1n) is 5.63. The number of nitriles is 1. The fourth-order valence-electron chi connectivity index (χ4n) is 1.58. The van der Waals surface area contributed by atoms with Crippen molar-refractivity contribution in [2.75, 3.05) is 0 Å². The van der Waals surface area contributed by atoms with Crippen LogP contribution in [0.1, 0.15) is 18.4 Å². The minimum absolute atomic E-state index is 0.223. The number of hydrogen-bond acceptors (Lipinski definition) is 2. The van der Waals surface area contributed by atoms with Gasteiger partial charge in [0.15, 0.2) is 0 Å². The van der Waals surface area contributed by atoms with Crippen LogP contribution in [0.4, 0.5) is 4.39 Å². The number of carbonyl (C=O) groups is 1. The largest absolute Gasteiger partial charge is 0.352 e. The predicted molar refractivity (Wildman–Crippen MR) is 60.4 cm³/mol. The molecule has 0 saturated heterocycles. The summed E-state index contributed by atoms with van der Waals surface area (Å²) in [4.78, 5) is 11.7. The summed E-state index contributed by atoms with van der Waals surface area (Å²) in [6, 6.07) is 8.12. The van der Waals surface area contributed by atoms with Crippen LogP contribution in [0, 0.1) is 23.1 Å². The van der Waals surface area contributed by atoms with Crippen molar-refractivity contribution in [3.8, 4) is 6.07 Å². The summed E-state index contributed by atoms with van der Waals surface area (Å²) in [6.45, 7) is 0. The molecule has 4 heteroatoms. The van der Waals surface area contributed by atoms with Gasteiger partial charge in [-0.1, -0.05) is 12.1 Å². The highest BCUT2D eigenvalue weighted by molar-refractivity contribution is 5.81. The monoisotopic (exact) mass is 232 g/mol. The molecule has 0 aliphatic heterocycles. The van der Waals surface area contributed by atoms with Gasteiger partial charge in [-0.3, -0.25) is 4.79 Å². The van der Waals surface area contributed by atoms with E-state index in [4.69, 9.17) is 5.26 Å². The molecule has 0 spiro atoms. The molecule has 0 heterocycles. The number of benzene rings is 1. The lowest BCUT2D eigenvalue weighted by molar-refractivity contribution is -0.123. The highest BCUT2D eigenvalue weighted by atomic mass is 19.1. The van der Waals surface area contributed by atoms with Crippen LogP contribution in [0.25, 0.3) is 0 Å². The van der Waals surface area contributed by atoms with E-state index in [0.717, 1.165) is 18.4 Å². The van der Waals surface area contributed by atoms with Gasteiger partial charge in [0, 0.05) is 6.04 Å². The summed E-state index contributed by atoms with van der Waals surface area (Å²) in [7, 11) is 0. The average molecular weight is 232 g/mol.